The first-order valence-corrected chi connectivity index (χ1v) is 6.91. The van der Waals surface area contributed by atoms with Gasteiger partial charge in [-0.15, -0.1) is 0 Å². The van der Waals surface area contributed by atoms with Gasteiger partial charge in [0.25, 0.3) is 0 Å². The minimum absolute atomic E-state index is 0.668. The number of nitrogens with one attached hydrogen (secondary N) is 1. The zero-order chi connectivity index (χ0) is 10.9. The molecule has 3 atom stereocenters. The fourth-order valence-corrected chi connectivity index (χ4v) is 4.78. The molecule has 1 nitrogen and oxygen atoms in total. The molecule has 0 aliphatic heterocycles. The smallest absolute Gasteiger partial charge is 0.00102 e. The van der Waals surface area contributed by atoms with Crippen molar-refractivity contribution in [3.05, 3.63) is 0 Å². The predicted molar refractivity (Wildman–Crippen MR) is 65.9 cm³/mol. The van der Waals surface area contributed by atoms with Crippen molar-refractivity contribution in [3.8, 4) is 0 Å². The molecule has 0 aromatic carbocycles. The molecule has 0 aromatic rings. The molecule has 0 heterocycles. The Labute approximate surface area is 95.0 Å². The van der Waals surface area contributed by atoms with E-state index in [9.17, 15) is 0 Å². The van der Waals surface area contributed by atoms with Gasteiger partial charge in [-0.3, -0.25) is 0 Å². The fraction of sp³-hybridized carbons (Fsp3) is 1.00. The summed E-state index contributed by atoms with van der Waals surface area (Å²) in [6, 6.07) is 0. The normalized spacial score (nSPS) is 39.2. The Morgan fingerprint density at radius 2 is 2.00 bits per heavy atom. The summed E-state index contributed by atoms with van der Waals surface area (Å²) in [5, 5.41) is 3.48. The van der Waals surface area contributed by atoms with Crippen molar-refractivity contribution in [1.82, 2.24) is 5.32 Å². The largest absolute Gasteiger partial charge is 0.319 e. The van der Waals surface area contributed by atoms with Crippen molar-refractivity contribution in [2.45, 2.75) is 52.4 Å². The second-order valence-corrected chi connectivity index (χ2v) is 5.86. The third-order valence-electron chi connectivity index (χ3n) is 5.33. The molecule has 0 aromatic heterocycles. The van der Waals surface area contributed by atoms with Crippen LogP contribution in [0.3, 0.4) is 0 Å². The maximum Gasteiger partial charge on any atom is 0.00102 e. The van der Waals surface area contributed by atoms with Gasteiger partial charge in [0.15, 0.2) is 0 Å². The summed E-state index contributed by atoms with van der Waals surface area (Å²) in [4.78, 5) is 0. The van der Waals surface area contributed by atoms with Crippen LogP contribution in [0.15, 0.2) is 0 Å². The molecule has 2 bridgehead atoms. The van der Waals surface area contributed by atoms with Crippen molar-refractivity contribution < 1.29 is 0 Å². The van der Waals surface area contributed by atoms with Crippen molar-refractivity contribution in [2.75, 3.05) is 13.6 Å². The highest BCUT2D eigenvalue weighted by molar-refractivity contribution is 5.03. The molecule has 2 rings (SSSR count). The van der Waals surface area contributed by atoms with E-state index in [1.807, 2.05) is 0 Å². The van der Waals surface area contributed by atoms with E-state index in [2.05, 4.69) is 26.2 Å². The molecule has 0 spiro atoms. The van der Waals surface area contributed by atoms with Crippen LogP contribution in [0.4, 0.5) is 0 Å². The molecule has 0 saturated heterocycles. The number of fused-ring (bicyclic) bond motifs is 2. The van der Waals surface area contributed by atoms with E-state index in [1.165, 1.54) is 45.1 Å². The summed E-state index contributed by atoms with van der Waals surface area (Å²) in [5.41, 5.74) is 0.668. The monoisotopic (exact) mass is 209 g/mol. The summed E-state index contributed by atoms with van der Waals surface area (Å²) in [6.07, 6.45) is 8.85. The van der Waals surface area contributed by atoms with Crippen LogP contribution in [-0.2, 0) is 0 Å². The quantitative estimate of drug-likeness (QED) is 0.731. The Kier molecular flexibility index (Phi) is 3.39. The molecular weight excluding hydrogens is 182 g/mol. The number of hydrogen-bond donors (Lipinski definition) is 1. The van der Waals surface area contributed by atoms with Crippen LogP contribution >= 0.6 is 0 Å². The van der Waals surface area contributed by atoms with E-state index in [0.29, 0.717) is 5.41 Å². The van der Waals surface area contributed by atoms with Crippen LogP contribution in [0.25, 0.3) is 0 Å². The molecule has 2 aliphatic carbocycles. The summed E-state index contributed by atoms with van der Waals surface area (Å²) >= 11 is 0. The average molecular weight is 209 g/mol. The zero-order valence-electron chi connectivity index (χ0n) is 10.7. The molecule has 2 saturated carbocycles. The molecule has 0 radical (unpaired) electrons. The maximum atomic E-state index is 3.48. The Balaban J connectivity index is 2.17. The number of hydrogen-bond acceptors (Lipinski definition) is 1. The molecule has 3 unspecified atom stereocenters. The van der Waals surface area contributed by atoms with E-state index in [1.54, 1.807) is 0 Å². The van der Waals surface area contributed by atoms with Gasteiger partial charge in [0.2, 0.25) is 0 Å². The summed E-state index contributed by atoms with van der Waals surface area (Å²) in [6.45, 7) is 6.04. The Morgan fingerprint density at radius 3 is 2.40 bits per heavy atom. The lowest BCUT2D eigenvalue weighted by Gasteiger charge is -2.44. The van der Waals surface area contributed by atoms with Gasteiger partial charge in [0.05, 0.1) is 0 Å². The molecule has 15 heavy (non-hydrogen) atoms. The Hall–Kier alpha value is -0.0400. The maximum absolute atomic E-state index is 3.48. The lowest BCUT2D eigenvalue weighted by atomic mass is 9.63. The fourth-order valence-electron chi connectivity index (χ4n) is 4.78. The first-order chi connectivity index (χ1) is 7.26. The van der Waals surface area contributed by atoms with Gasteiger partial charge in [-0.25, -0.2) is 0 Å². The van der Waals surface area contributed by atoms with Gasteiger partial charge >= 0.3 is 0 Å². The molecular formula is C14H27N. The Morgan fingerprint density at radius 1 is 1.27 bits per heavy atom. The average Bonchev–Trinajstić information content (AvgIpc) is 2.80. The second kappa shape index (κ2) is 4.45. The SMILES string of the molecule is CCC(CC)C1(CNC)CC2CCC1C2. The van der Waals surface area contributed by atoms with Crippen LogP contribution in [-0.4, -0.2) is 13.6 Å². The summed E-state index contributed by atoms with van der Waals surface area (Å²) in [7, 11) is 2.14. The first kappa shape index (κ1) is 11.4. The van der Waals surface area contributed by atoms with Gasteiger partial charge in [-0.1, -0.05) is 33.1 Å². The second-order valence-electron chi connectivity index (χ2n) is 5.86. The van der Waals surface area contributed by atoms with Crippen LogP contribution in [0.1, 0.15) is 52.4 Å². The van der Waals surface area contributed by atoms with Crippen LogP contribution in [0, 0.1) is 23.2 Å². The molecule has 0 amide bonds. The van der Waals surface area contributed by atoms with Crippen LogP contribution in [0.2, 0.25) is 0 Å². The van der Waals surface area contributed by atoms with Gasteiger partial charge in [-0.05, 0) is 49.5 Å². The summed E-state index contributed by atoms with van der Waals surface area (Å²) in [5.74, 6) is 3.07. The van der Waals surface area contributed by atoms with Gasteiger partial charge in [-0.2, -0.15) is 0 Å². The van der Waals surface area contributed by atoms with E-state index < -0.39 is 0 Å². The van der Waals surface area contributed by atoms with Crippen LogP contribution in [0.5, 0.6) is 0 Å². The van der Waals surface area contributed by atoms with Crippen molar-refractivity contribution >= 4 is 0 Å². The molecule has 1 heteroatoms. The third-order valence-corrected chi connectivity index (χ3v) is 5.33. The van der Waals surface area contributed by atoms with Gasteiger partial charge in [0.1, 0.15) is 0 Å². The summed E-state index contributed by atoms with van der Waals surface area (Å²) < 4.78 is 0. The van der Waals surface area contributed by atoms with Crippen molar-refractivity contribution in [2.24, 2.45) is 23.2 Å². The van der Waals surface area contributed by atoms with Crippen LogP contribution < -0.4 is 5.32 Å². The zero-order valence-corrected chi connectivity index (χ0v) is 10.7. The highest BCUT2D eigenvalue weighted by Gasteiger charge is 2.53. The van der Waals surface area contributed by atoms with E-state index in [-0.39, 0.29) is 0 Å². The third kappa shape index (κ3) is 1.73. The van der Waals surface area contributed by atoms with Gasteiger partial charge in [0, 0.05) is 6.54 Å². The van der Waals surface area contributed by atoms with Gasteiger partial charge < -0.3 is 5.32 Å². The highest BCUT2D eigenvalue weighted by atomic mass is 14.8. The van der Waals surface area contributed by atoms with Crippen molar-refractivity contribution in [3.63, 3.8) is 0 Å². The van der Waals surface area contributed by atoms with Crippen molar-refractivity contribution in [1.29, 1.82) is 0 Å². The van der Waals surface area contributed by atoms with E-state index >= 15 is 0 Å². The molecule has 2 aliphatic rings. The molecule has 1 N–H and O–H groups in total. The first-order valence-electron chi connectivity index (χ1n) is 6.91. The number of rotatable bonds is 5. The highest BCUT2D eigenvalue weighted by Crippen LogP contribution is 2.60. The molecule has 88 valence electrons. The lowest BCUT2D eigenvalue weighted by Crippen LogP contribution is -2.43. The minimum Gasteiger partial charge on any atom is -0.319 e. The standard InChI is InChI=1S/C14H27N/c1-4-12(5-2)14(10-15-3)9-11-6-7-13(14)8-11/h11-13,15H,4-10H2,1-3H3. The Bertz CT molecular complexity index is 209. The topological polar surface area (TPSA) is 12.0 Å². The minimum atomic E-state index is 0.668. The molecule has 2 fully saturated rings. The van der Waals surface area contributed by atoms with E-state index in [4.69, 9.17) is 0 Å². The van der Waals surface area contributed by atoms with E-state index in [0.717, 1.165) is 17.8 Å². The lowest BCUT2D eigenvalue weighted by molar-refractivity contribution is 0.0689. The predicted octanol–water partition coefficient (Wildman–Crippen LogP) is 3.45.